The molecule has 0 bridgehead atoms. The maximum absolute atomic E-state index is 12.2. The lowest BCUT2D eigenvalue weighted by Crippen LogP contribution is -2.40. The van der Waals surface area contributed by atoms with E-state index in [1.807, 2.05) is 0 Å². The predicted molar refractivity (Wildman–Crippen MR) is 84.5 cm³/mol. The molecule has 0 spiro atoms. The van der Waals surface area contributed by atoms with Gasteiger partial charge in [-0.1, -0.05) is 13.0 Å². The summed E-state index contributed by atoms with van der Waals surface area (Å²) in [7, 11) is 1.49. The van der Waals surface area contributed by atoms with Crippen LogP contribution in [0.15, 0.2) is 18.2 Å². The molecular weight excluding hydrogens is 292 g/mol. The minimum absolute atomic E-state index is 0. The maximum Gasteiger partial charge on any atom is 0.258 e. The highest BCUT2D eigenvalue weighted by Gasteiger charge is 2.24. The Labute approximate surface area is 131 Å². The number of phenolic OH excluding ortho intramolecular Hbond substituents is 1. The summed E-state index contributed by atoms with van der Waals surface area (Å²) >= 11 is 0. The van der Waals surface area contributed by atoms with Gasteiger partial charge >= 0.3 is 0 Å². The van der Waals surface area contributed by atoms with Crippen molar-refractivity contribution >= 4 is 18.3 Å². The number of benzene rings is 1. The smallest absolute Gasteiger partial charge is 0.258 e. The highest BCUT2D eigenvalue weighted by molar-refractivity contribution is 5.99. The van der Waals surface area contributed by atoms with Crippen LogP contribution >= 0.6 is 12.4 Å². The lowest BCUT2D eigenvalue weighted by molar-refractivity contribution is 0.0935. The number of nitrogens with one attached hydrogen (secondary N) is 1. The van der Waals surface area contributed by atoms with Gasteiger partial charge in [0, 0.05) is 12.6 Å². The quantitative estimate of drug-likeness (QED) is 0.873. The van der Waals surface area contributed by atoms with E-state index in [1.165, 1.54) is 19.6 Å². The molecule has 1 heterocycles. The van der Waals surface area contributed by atoms with Crippen LogP contribution in [0.3, 0.4) is 0 Å². The number of methoxy groups -OCH3 is 1. The van der Waals surface area contributed by atoms with E-state index in [4.69, 9.17) is 4.74 Å². The molecule has 0 saturated carbocycles. The molecule has 2 rings (SSSR count). The van der Waals surface area contributed by atoms with E-state index in [9.17, 15) is 9.90 Å². The molecule has 1 aliphatic rings. The molecular formula is C15H23ClN2O3. The molecule has 1 aromatic rings. The standard InChI is InChI=1S/C15H22N2O3.ClH/c1-3-17-9-5-6-11(17)10-16-15(19)14-12(18)7-4-8-13(14)20-2;/h4,7-8,11,18H,3,5-6,9-10H2,1-2H3,(H,16,19);1H. The number of likely N-dealkylation sites (N-methyl/N-ethyl adjacent to an activating group) is 1. The third-order valence-electron chi connectivity index (χ3n) is 3.85. The van der Waals surface area contributed by atoms with Crippen LogP contribution in [0.25, 0.3) is 0 Å². The molecule has 0 aromatic heterocycles. The highest BCUT2D eigenvalue weighted by atomic mass is 35.5. The van der Waals surface area contributed by atoms with E-state index >= 15 is 0 Å². The molecule has 118 valence electrons. The van der Waals surface area contributed by atoms with Gasteiger partial charge in [-0.3, -0.25) is 9.69 Å². The van der Waals surface area contributed by atoms with E-state index in [-0.39, 0.29) is 29.6 Å². The second kappa shape index (κ2) is 8.10. The average molecular weight is 315 g/mol. The Hall–Kier alpha value is -1.46. The van der Waals surface area contributed by atoms with Gasteiger partial charge in [-0.25, -0.2) is 0 Å². The van der Waals surface area contributed by atoms with E-state index in [2.05, 4.69) is 17.1 Å². The molecule has 1 atom stereocenters. The Morgan fingerprint density at radius 3 is 2.95 bits per heavy atom. The summed E-state index contributed by atoms with van der Waals surface area (Å²) in [5.41, 5.74) is 0.205. The normalized spacial score (nSPS) is 18.1. The molecule has 6 heteroatoms. The van der Waals surface area contributed by atoms with Crippen molar-refractivity contribution in [2.45, 2.75) is 25.8 Å². The summed E-state index contributed by atoms with van der Waals surface area (Å²) in [5.74, 6) is 0.0461. The number of aromatic hydroxyl groups is 1. The second-order valence-electron chi connectivity index (χ2n) is 4.99. The van der Waals surface area contributed by atoms with Gasteiger partial charge in [0.2, 0.25) is 0 Å². The van der Waals surface area contributed by atoms with Crippen LogP contribution in [0.1, 0.15) is 30.1 Å². The molecule has 2 N–H and O–H groups in total. The summed E-state index contributed by atoms with van der Waals surface area (Å²) in [4.78, 5) is 14.6. The highest BCUT2D eigenvalue weighted by Crippen LogP contribution is 2.27. The zero-order valence-electron chi connectivity index (χ0n) is 12.5. The molecule has 5 nitrogen and oxygen atoms in total. The van der Waals surface area contributed by atoms with Crippen LogP contribution < -0.4 is 10.1 Å². The Bertz CT molecular complexity index is 482. The number of halogens is 1. The third-order valence-corrected chi connectivity index (χ3v) is 3.85. The zero-order chi connectivity index (χ0) is 14.5. The molecule has 0 aliphatic carbocycles. The Kier molecular flexibility index (Phi) is 6.78. The molecule has 21 heavy (non-hydrogen) atoms. The van der Waals surface area contributed by atoms with Gasteiger partial charge in [-0.05, 0) is 38.1 Å². The van der Waals surface area contributed by atoms with E-state index < -0.39 is 0 Å². The first-order valence-corrected chi connectivity index (χ1v) is 7.05. The van der Waals surface area contributed by atoms with Crippen LogP contribution in [0.2, 0.25) is 0 Å². The molecule has 1 amide bonds. The summed E-state index contributed by atoms with van der Waals surface area (Å²) in [6.45, 7) is 4.83. The Balaban J connectivity index is 0.00000220. The van der Waals surface area contributed by atoms with Crippen LogP contribution in [0.5, 0.6) is 11.5 Å². The summed E-state index contributed by atoms with van der Waals surface area (Å²) in [5, 5.41) is 12.7. The topological polar surface area (TPSA) is 61.8 Å². The van der Waals surface area contributed by atoms with Gasteiger partial charge in [0.1, 0.15) is 17.1 Å². The third kappa shape index (κ3) is 4.02. The number of rotatable bonds is 5. The van der Waals surface area contributed by atoms with Crippen molar-refractivity contribution in [3.05, 3.63) is 23.8 Å². The zero-order valence-corrected chi connectivity index (χ0v) is 13.3. The fourth-order valence-corrected chi connectivity index (χ4v) is 2.76. The van der Waals surface area contributed by atoms with Crippen molar-refractivity contribution in [1.82, 2.24) is 10.2 Å². The van der Waals surface area contributed by atoms with Crippen molar-refractivity contribution in [3.63, 3.8) is 0 Å². The van der Waals surface area contributed by atoms with Crippen molar-refractivity contribution in [2.75, 3.05) is 26.7 Å². The van der Waals surface area contributed by atoms with Gasteiger partial charge < -0.3 is 15.2 Å². The monoisotopic (exact) mass is 314 g/mol. The van der Waals surface area contributed by atoms with Gasteiger partial charge in [0.05, 0.1) is 7.11 Å². The predicted octanol–water partition coefficient (Wildman–Crippen LogP) is 2.04. The Morgan fingerprint density at radius 1 is 1.52 bits per heavy atom. The first-order chi connectivity index (χ1) is 9.67. The SMILES string of the molecule is CCN1CCCC1CNC(=O)c1c(O)cccc1OC.Cl. The van der Waals surface area contributed by atoms with Crippen molar-refractivity contribution < 1.29 is 14.6 Å². The number of amides is 1. The van der Waals surface area contributed by atoms with Crippen molar-refractivity contribution in [3.8, 4) is 11.5 Å². The lowest BCUT2D eigenvalue weighted by atomic mass is 10.1. The number of carbonyl (C=O) groups excluding carboxylic acids is 1. The first-order valence-electron chi connectivity index (χ1n) is 7.05. The van der Waals surface area contributed by atoms with E-state index in [1.54, 1.807) is 12.1 Å². The maximum atomic E-state index is 12.2. The molecule has 0 radical (unpaired) electrons. The molecule has 1 aliphatic heterocycles. The van der Waals surface area contributed by atoms with Crippen LogP contribution in [0, 0.1) is 0 Å². The number of nitrogens with zero attached hydrogens (tertiary/aromatic N) is 1. The van der Waals surface area contributed by atoms with Crippen LogP contribution in [-0.2, 0) is 0 Å². The molecule has 1 saturated heterocycles. The van der Waals surface area contributed by atoms with Crippen LogP contribution in [-0.4, -0.2) is 48.7 Å². The van der Waals surface area contributed by atoms with Crippen molar-refractivity contribution in [2.24, 2.45) is 0 Å². The van der Waals surface area contributed by atoms with E-state index in [0.29, 0.717) is 18.3 Å². The van der Waals surface area contributed by atoms with Gasteiger partial charge in [0.15, 0.2) is 0 Å². The first kappa shape index (κ1) is 17.6. The number of carbonyl (C=O) groups is 1. The van der Waals surface area contributed by atoms with E-state index in [0.717, 1.165) is 19.5 Å². The molecule has 1 fully saturated rings. The lowest BCUT2D eigenvalue weighted by Gasteiger charge is -2.23. The minimum atomic E-state index is -0.289. The number of hydrogen-bond acceptors (Lipinski definition) is 4. The van der Waals surface area contributed by atoms with Gasteiger partial charge in [0.25, 0.3) is 5.91 Å². The fourth-order valence-electron chi connectivity index (χ4n) is 2.76. The summed E-state index contributed by atoms with van der Waals surface area (Å²) in [6, 6.07) is 5.20. The average Bonchev–Trinajstić information content (AvgIpc) is 2.91. The fraction of sp³-hybridized carbons (Fsp3) is 0.533. The largest absolute Gasteiger partial charge is 0.507 e. The van der Waals surface area contributed by atoms with Gasteiger partial charge in [-0.15, -0.1) is 12.4 Å². The number of hydrogen-bond donors (Lipinski definition) is 2. The second-order valence-corrected chi connectivity index (χ2v) is 4.99. The number of ether oxygens (including phenoxy) is 1. The number of phenols is 1. The van der Waals surface area contributed by atoms with Crippen LogP contribution in [0.4, 0.5) is 0 Å². The van der Waals surface area contributed by atoms with Gasteiger partial charge in [-0.2, -0.15) is 0 Å². The number of likely N-dealkylation sites (tertiary alicyclic amines) is 1. The summed E-state index contributed by atoms with van der Waals surface area (Å²) < 4.78 is 5.13. The molecule has 1 aromatic carbocycles. The van der Waals surface area contributed by atoms with Crippen molar-refractivity contribution in [1.29, 1.82) is 0 Å². The Morgan fingerprint density at radius 2 is 2.29 bits per heavy atom. The summed E-state index contributed by atoms with van der Waals surface area (Å²) in [6.07, 6.45) is 2.28. The molecule has 1 unspecified atom stereocenters. The minimum Gasteiger partial charge on any atom is -0.507 e.